The zero-order valence-corrected chi connectivity index (χ0v) is 10.7. The minimum absolute atomic E-state index is 0. The van der Waals surface area contributed by atoms with Crippen molar-refractivity contribution in [2.75, 3.05) is 19.6 Å². The molecule has 0 aliphatic carbocycles. The van der Waals surface area contributed by atoms with Gasteiger partial charge < -0.3 is 15.7 Å². The SMILES string of the molecule is Cl.NCC(=O)N1C[C@@H](Cc2cnccn2)[C@H](O)C1. The maximum Gasteiger partial charge on any atom is 0.236 e. The lowest BCUT2D eigenvalue weighted by Crippen LogP contribution is -2.34. The molecular weight excluding hydrogens is 256 g/mol. The highest BCUT2D eigenvalue weighted by atomic mass is 35.5. The summed E-state index contributed by atoms with van der Waals surface area (Å²) in [6.45, 7) is 0.888. The first kappa shape index (κ1) is 14.8. The van der Waals surface area contributed by atoms with Gasteiger partial charge in [-0.2, -0.15) is 0 Å². The average Bonchev–Trinajstić information content (AvgIpc) is 2.71. The number of carbonyl (C=O) groups is 1. The Bertz CT molecular complexity index is 390. The van der Waals surface area contributed by atoms with Crippen molar-refractivity contribution in [2.24, 2.45) is 11.7 Å². The molecule has 1 saturated heterocycles. The number of halogens is 1. The molecule has 1 aromatic heterocycles. The summed E-state index contributed by atoms with van der Waals surface area (Å²) in [7, 11) is 0. The van der Waals surface area contributed by atoms with E-state index in [1.807, 2.05) is 0 Å². The predicted octanol–water partition coefficient (Wildman–Crippen LogP) is -0.781. The van der Waals surface area contributed by atoms with Crippen molar-refractivity contribution in [1.29, 1.82) is 0 Å². The van der Waals surface area contributed by atoms with Crippen LogP contribution < -0.4 is 5.73 Å². The Labute approximate surface area is 112 Å². The molecule has 6 nitrogen and oxygen atoms in total. The highest BCUT2D eigenvalue weighted by Crippen LogP contribution is 2.20. The number of amides is 1. The van der Waals surface area contributed by atoms with Crippen molar-refractivity contribution >= 4 is 18.3 Å². The smallest absolute Gasteiger partial charge is 0.236 e. The number of hydrogen-bond donors (Lipinski definition) is 2. The second-order valence-corrected chi connectivity index (χ2v) is 4.23. The van der Waals surface area contributed by atoms with Crippen molar-refractivity contribution < 1.29 is 9.90 Å². The van der Waals surface area contributed by atoms with Gasteiger partial charge in [0.15, 0.2) is 0 Å². The maximum absolute atomic E-state index is 11.4. The van der Waals surface area contributed by atoms with Gasteiger partial charge in [-0.15, -0.1) is 12.4 Å². The number of aromatic nitrogens is 2. The van der Waals surface area contributed by atoms with E-state index in [0.29, 0.717) is 19.5 Å². The molecule has 0 radical (unpaired) electrons. The lowest BCUT2D eigenvalue weighted by atomic mass is 10.0. The number of hydrogen-bond acceptors (Lipinski definition) is 5. The number of β-amino-alcohol motifs (C(OH)–C–C–N with tert-alkyl or cyclic N) is 1. The van der Waals surface area contributed by atoms with Gasteiger partial charge in [-0.1, -0.05) is 0 Å². The maximum atomic E-state index is 11.4. The Kier molecular flexibility index (Phi) is 5.46. The second kappa shape index (κ2) is 6.63. The van der Waals surface area contributed by atoms with Gasteiger partial charge in [-0.25, -0.2) is 0 Å². The summed E-state index contributed by atoms with van der Waals surface area (Å²) in [5.41, 5.74) is 6.13. The molecule has 3 N–H and O–H groups in total. The van der Waals surface area contributed by atoms with Gasteiger partial charge in [0, 0.05) is 37.6 Å². The van der Waals surface area contributed by atoms with E-state index in [-0.39, 0.29) is 30.8 Å². The lowest BCUT2D eigenvalue weighted by Gasteiger charge is -2.14. The Morgan fingerprint density at radius 1 is 1.50 bits per heavy atom. The molecule has 1 aliphatic rings. The molecule has 0 saturated carbocycles. The summed E-state index contributed by atoms with van der Waals surface area (Å²) in [5.74, 6) is -0.104. The molecule has 0 aromatic carbocycles. The molecule has 1 aromatic rings. The number of aliphatic hydroxyl groups excluding tert-OH is 1. The zero-order chi connectivity index (χ0) is 12.3. The Hall–Kier alpha value is -1.24. The third-order valence-corrected chi connectivity index (χ3v) is 3.02. The molecule has 2 atom stereocenters. The number of nitrogens with zero attached hydrogens (tertiary/aromatic N) is 3. The van der Waals surface area contributed by atoms with Crippen LogP contribution in [0.5, 0.6) is 0 Å². The van der Waals surface area contributed by atoms with Crippen LogP contribution in [0, 0.1) is 5.92 Å². The predicted molar refractivity (Wildman–Crippen MR) is 68.1 cm³/mol. The normalized spacial score (nSPS) is 22.7. The summed E-state index contributed by atoms with van der Waals surface area (Å²) in [5, 5.41) is 9.88. The lowest BCUT2D eigenvalue weighted by molar-refractivity contribution is -0.129. The molecule has 1 aliphatic heterocycles. The van der Waals surface area contributed by atoms with Crippen LogP contribution in [0.25, 0.3) is 0 Å². The van der Waals surface area contributed by atoms with Crippen molar-refractivity contribution in [3.8, 4) is 0 Å². The van der Waals surface area contributed by atoms with Crippen LogP contribution in [0.15, 0.2) is 18.6 Å². The van der Waals surface area contributed by atoms with Crippen molar-refractivity contribution in [1.82, 2.24) is 14.9 Å². The highest BCUT2D eigenvalue weighted by Gasteiger charge is 2.33. The van der Waals surface area contributed by atoms with Crippen LogP contribution >= 0.6 is 12.4 Å². The summed E-state index contributed by atoms with van der Waals surface area (Å²) in [6.07, 6.45) is 5.04. The molecule has 7 heteroatoms. The van der Waals surface area contributed by atoms with Gasteiger partial charge >= 0.3 is 0 Å². The standard InChI is InChI=1S/C11H16N4O2.ClH/c12-4-11(17)15-6-8(10(16)7-15)3-9-5-13-1-2-14-9;/h1-2,5,8,10,16H,3-4,6-7,12H2;1H/t8-,10-;/m1./s1. The highest BCUT2D eigenvalue weighted by molar-refractivity contribution is 5.85. The molecule has 0 spiro atoms. The molecule has 100 valence electrons. The summed E-state index contributed by atoms with van der Waals surface area (Å²) in [4.78, 5) is 21.2. The first-order valence-electron chi connectivity index (χ1n) is 5.61. The molecular formula is C11H17ClN4O2. The molecule has 0 unspecified atom stereocenters. The quantitative estimate of drug-likeness (QED) is 0.753. The Balaban J connectivity index is 0.00000162. The van der Waals surface area contributed by atoms with Gasteiger partial charge in [0.25, 0.3) is 0 Å². The van der Waals surface area contributed by atoms with Crippen LogP contribution in [0.1, 0.15) is 5.69 Å². The van der Waals surface area contributed by atoms with Crippen LogP contribution in [0.2, 0.25) is 0 Å². The van der Waals surface area contributed by atoms with E-state index < -0.39 is 6.10 Å². The number of carbonyl (C=O) groups excluding carboxylic acids is 1. The zero-order valence-electron chi connectivity index (χ0n) is 9.90. The Morgan fingerprint density at radius 3 is 2.89 bits per heavy atom. The molecule has 2 heterocycles. The first-order chi connectivity index (χ1) is 8.20. The first-order valence-corrected chi connectivity index (χ1v) is 5.61. The topological polar surface area (TPSA) is 92.3 Å². The van der Waals surface area contributed by atoms with Gasteiger partial charge in [0.05, 0.1) is 18.3 Å². The number of rotatable bonds is 3. The number of likely N-dealkylation sites (tertiary alicyclic amines) is 1. The largest absolute Gasteiger partial charge is 0.391 e. The van der Waals surface area contributed by atoms with Crippen LogP contribution in [-0.4, -0.2) is 51.6 Å². The number of nitrogens with two attached hydrogens (primary N) is 1. The average molecular weight is 273 g/mol. The Morgan fingerprint density at radius 2 is 2.28 bits per heavy atom. The minimum Gasteiger partial charge on any atom is -0.391 e. The van der Waals surface area contributed by atoms with Gasteiger partial charge in [0.1, 0.15) is 0 Å². The van der Waals surface area contributed by atoms with E-state index in [1.54, 1.807) is 23.5 Å². The van der Waals surface area contributed by atoms with Crippen LogP contribution in [0.4, 0.5) is 0 Å². The molecule has 18 heavy (non-hydrogen) atoms. The summed E-state index contributed by atoms with van der Waals surface area (Å²) in [6, 6.07) is 0. The molecule has 2 rings (SSSR count). The van der Waals surface area contributed by atoms with Crippen LogP contribution in [0.3, 0.4) is 0 Å². The summed E-state index contributed by atoms with van der Waals surface area (Å²) < 4.78 is 0. The van der Waals surface area contributed by atoms with Crippen molar-refractivity contribution in [3.63, 3.8) is 0 Å². The van der Waals surface area contributed by atoms with Gasteiger partial charge in [-0.05, 0) is 6.42 Å². The third kappa shape index (κ3) is 3.38. The minimum atomic E-state index is -0.507. The molecule has 1 fully saturated rings. The second-order valence-electron chi connectivity index (χ2n) is 4.23. The van der Waals surface area contributed by atoms with E-state index in [2.05, 4.69) is 9.97 Å². The monoisotopic (exact) mass is 272 g/mol. The van der Waals surface area contributed by atoms with Crippen molar-refractivity contribution in [2.45, 2.75) is 12.5 Å². The van der Waals surface area contributed by atoms with Crippen molar-refractivity contribution in [3.05, 3.63) is 24.3 Å². The fourth-order valence-electron chi connectivity index (χ4n) is 2.09. The van der Waals surface area contributed by atoms with Crippen LogP contribution in [-0.2, 0) is 11.2 Å². The fourth-order valence-corrected chi connectivity index (χ4v) is 2.09. The molecule has 0 bridgehead atoms. The molecule has 1 amide bonds. The fraction of sp³-hybridized carbons (Fsp3) is 0.545. The number of aliphatic hydroxyl groups is 1. The third-order valence-electron chi connectivity index (χ3n) is 3.02. The van der Waals surface area contributed by atoms with E-state index in [1.165, 1.54) is 0 Å². The van der Waals surface area contributed by atoms with Gasteiger partial charge in [-0.3, -0.25) is 14.8 Å². The van der Waals surface area contributed by atoms with E-state index in [0.717, 1.165) is 5.69 Å². The van der Waals surface area contributed by atoms with E-state index in [9.17, 15) is 9.90 Å². The van der Waals surface area contributed by atoms with Gasteiger partial charge in [0.2, 0.25) is 5.91 Å². The van der Waals surface area contributed by atoms with E-state index in [4.69, 9.17) is 5.73 Å². The van der Waals surface area contributed by atoms with E-state index >= 15 is 0 Å². The summed E-state index contributed by atoms with van der Waals surface area (Å²) >= 11 is 0.